The van der Waals surface area contributed by atoms with Crippen LogP contribution in [-0.4, -0.2) is 19.0 Å². The highest BCUT2D eigenvalue weighted by molar-refractivity contribution is 5.79. The third kappa shape index (κ3) is 3.80. The number of benzene rings is 1. The van der Waals surface area contributed by atoms with Gasteiger partial charge in [0.15, 0.2) is 0 Å². The summed E-state index contributed by atoms with van der Waals surface area (Å²) in [6.45, 7) is 15.3. The third-order valence-corrected chi connectivity index (χ3v) is 6.25. The van der Waals surface area contributed by atoms with Gasteiger partial charge in [-0.05, 0) is 72.4 Å². The topological polar surface area (TPSA) is 53.2 Å². The number of amides is 1. The van der Waals surface area contributed by atoms with E-state index in [9.17, 15) is 4.79 Å². The summed E-state index contributed by atoms with van der Waals surface area (Å²) in [6.07, 6.45) is 4.17. The predicted molar refractivity (Wildman–Crippen MR) is 108 cm³/mol. The number of rotatable bonds is 4. The van der Waals surface area contributed by atoms with Crippen LogP contribution in [0.4, 0.5) is 0 Å². The van der Waals surface area contributed by atoms with Gasteiger partial charge in [-0.2, -0.15) is 0 Å². The molecule has 0 bridgehead atoms. The van der Waals surface area contributed by atoms with Crippen molar-refractivity contribution in [2.45, 2.75) is 64.2 Å². The Morgan fingerprint density at radius 1 is 1.04 bits per heavy atom. The number of carbonyl (C=O) groups is 1. The van der Waals surface area contributed by atoms with E-state index in [4.69, 9.17) is 0 Å². The molecule has 3 rings (SSSR count). The van der Waals surface area contributed by atoms with E-state index < -0.39 is 0 Å². The number of piperidine rings is 1. The Morgan fingerprint density at radius 3 is 2.31 bits per heavy atom. The molecule has 1 aromatic carbocycles. The zero-order valence-electron chi connectivity index (χ0n) is 16.7. The van der Waals surface area contributed by atoms with Crippen LogP contribution in [0.15, 0.2) is 24.8 Å². The SMILES string of the molecule is C=C(NNC(=O)C1CCNCC1)c1ccc2c(c1)C(C)(C)CCC2(C)C. The average molecular weight is 356 g/mol. The van der Waals surface area contributed by atoms with Gasteiger partial charge in [0.05, 0.1) is 5.70 Å². The summed E-state index contributed by atoms with van der Waals surface area (Å²) >= 11 is 0. The highest BCUT2D eigenvalue weighted by Gasteiger charge is 2.37. The highest BCUT2D eigenvalue weighted by atomic mass is 16.2. The molecule has 2 aliphatic rings. The molecule has 1 heterocycles. The molecule has 3 N–H and O–H groups in total. The largest absolute Gasteiger partial charge is 0.317 e. The van der Waals surface area contributed by atoms with Crippen molar-refractivity contribution in [3.8, 4) is 0 Å². The molecular formula is C22H33N3O. The molecule has 4 heteroatoms. The quantitative estimate of drug-likeness (QED) is 0.723. The molecule has 0 saturated carbocycles. The van der Waals surface area contributed by atoms with E-state index in [1.165, 1.54) is 24.0 Å². The Labute approximate surface area is 157 Å². The first kappa shape index (κ1) is 19.0. The summed E-state index contributed by atoms with van der Waals surface area (Å²) in [4.78, 5) is 12.3. The molecule has 0 aromatic heterocycles. The van der Waals surface area contributed by atoms with Gasteiger partial charge >= 0.3 is 0 Å². The molecular weight excluding hydrogens is 322 g/mol. The van der Waals surface area contributed by atoms with Crippen LogP contribution < -0.4 is 16.2 Å². The normalized spacial score (nSPS) is 21.5. The van der Waals surface area contributed by atoms with Gasteiger partial charge in [-0.15, -0.1) is 0 Å². The van der Waals surface area contributed by atoms with Crippen molar-refractivity contribution in [3.63, 3.8) is 0 Å². The zero-order chi connectivity index (χ0) is 18.9. The molecule has 1 fully saturated rings. The maximum atomic E-state index is 12.3. The number of hydrogen-bond acceptors (Lipinski definition) is 3. The van der Waals surface area contributed by atoms with Gasteiger partial charge in [0.25, 0.3) is 0 Å². The fraction of sp³-hybridized carbons (Fsp3) is 0.591. The van der Waals surface area contributed by atoms with Crippen molar-refractivity contribution in [2.75, 3.05) is 13.1 Å². The van der Waals surface area contributed by atoms with Crippen LogP contribution in [0.3, 0.4) is 0 Å². The third-order valence-electron chi connectivity index (χ3n) is 6.25. The summed E-state index contributed by atoms with van der Waals surface area (Å²) in [7, 11) is 0. The number of fused-ring (bicyclic) bond motifs is 1. The van der Waals surface area contributed by atoms with Crippen molar-refractivity contribution in [3.05, 3.63) is 41.5 Å². The molecule has 0 atom stereocenters. The second kappa shape index (κ2) is 7.07. The summed E-state index contributed by atoms with van der Waals surface area (Å²) in [5, 5.41) is 3.29. The highest BCUT2D eigenvalue weighted by Crippen LogP contribution is 2.46. The molecule has 1 aliphatic carbocycles. The minimum atomic E-state index is 0.0621. The second-order valence-corrected chi connectivity index (χ2v) is 9.15. The van der Waals surface area contributed by atoms with Crippen molar-refractivity contribution in [2.24, 2.45) is 5.92 Å². The summed E-state index contributed by atoms with van der Waals surface area (Å²) < 4.78 is 0. The maximum Gasteiger partial charge on any atom is 0.241 e. The van der Waals surface area contributed by atoms with Crippen molar-refractivity contribution < 1.29 is 4.79 Å². The van der Waals surface area contributed by atoms with E-state index in [1.54, 1.807) is 0 Å². The predicted octanol–water partition coefficient (Wildman–Crippen LogP) is 3.63. The molecule has 1 aromatic rings. The van der Waals surface area contributed by atoms with Crippen molar-refractivity contribution in [1.29, 1.82) is 0 Å². The van der Waals surface area contributed by atoms with Crippen LogP contribution in [0.25, 0.3) is 5.70 Å². The zero-order valence-corrected chi connectivity index (χ0v) is 16.7. The van der Waals surface area contributed by atoms with E-state index in [0.717, 1.165) is 37.2 Å². The Kier molecular flexibility index (Phi) is 5.16. The minimum Gasteiger partial charge on any atom is -0.317 e. The van der Waals surface area contributed by atoms with Crippen LogP contribution >= 0.6 is 0 Å². The number of hydrogen-bond donors (Lipinski definition) is 3. The molecule has 0 unspecified atom stereocenters. The van der Waals surface area contributed by atoms with Crippen LogP contribution in [0.5, 0.6) is 0 Å². The lowest BCUT2D eigenvalue weighted by Crippen LogP contribution is -2.43. The lowest BCUT2D eigenvalue weighted by atomic mass is 9.63. The fourth-order valence-electron chi connectivity index (χ4n) is 4.17. The Balaban J connectivity index is 1.71. The van der Waals surface area contributed by atoms with Crippen LogP contribution in [0.2, 0.25) is 0 Å². The van der Waals surface area contributed by atoms with Crippen LogP contribution in [0, 0.1) is 5.92 Å². The Bertz CT molecular complexity index is 699. The van der Waals surface area contributed by atoms with E-state index >= 15 is 0 Å². The number of nitrogens with one attached hydrogen (secondary N) is 3. The lowest BCUT2D eigenvalue weighted by Gasteiger charge is -2.42. The molecule has 1 amide bonds. The van der Waals surface area contributed by atoms with Crippen LogP contribution in [0.1, 0.15) is 70.1 Å². The first-order chi connectivity index (χ1) is 12.2. The summed E-state index contributed by atoms with van der Waals surface area (Å²) in [5.41, 5.74) is 10.9. The average Bonchev–Trinajstić information content (AvgIpc) is 2.63. The fourth-order valence-corrected chi connectivity index (χ4v) is 4.17. The van der Waals surface area contributed by atoms with Gasteiger partial charge in [-0.3, -0.25) is 15.6 Å². The number of carbonyl (C=O) groups excluding carboxylic acids is 1. The Morgan fingerprint density at radius 2 is 1.65 bits per heavy atom. The number of hydrazine groups is 1. The molecule has 26 heavy (non-hydrogen) atoms. The monoisotopic (exact) mass is 355 g/mol. The molecule has 1 saturated heterocycles. The van der Waals surface area contributed by atoms with Crippen LogP contribution in [-0.2, 0) is 15.6 Å². The lowest BCUT2D eigenvalue weighted by molar-refractivity contribution is -0.126. The van der Waals surface area contributed by atoms with Gasteiger partial charge in [0, 0.05) is 5.92 Å². The molecule has 0 spiro atoms. The second-order valence-electron chi connectivity index (χ2n) is 9.15. The van der Waals surface area contributed by atoms with E-state index in [-0.39, 0.29) is 22.7 Å². The Hall–Kier alpha value is -1.81. The molecule has 4 nitrogen and oxygen atoms in total. The van der Waals surface area contributed by atoms with Gasteiger partial charge < -0.3 is 5.32 Å². The van der Waals surface area contributed by atoms with E-state index in [1.807, 2.05) is 0 Å². The van der Waals surface area contributed by atoms with Gasteiger partial charge in [-0.25, -0.2) is 0 Å². The summed E-state index contributed by atoms with van der Waals surface area (Å²) in [6, 6.07) is 6.61. The van der Waals surface area contributed by atoms with E-state index in [0.29, 0.717) is 0 Å². The van der Waals surface area contributed by atoms with Crippen molar-refractivity contribution in [1.82, 2.24) is 16.2 Å². The first-order valence-electron chi connectivity index (χ1n) is 9.82. The van der Waals surface area contributed by atoms with E-state index in [2.05, 4.69) is 68.6 Å². The van der Waals surface area contributed by atoms with Gasteiger partial charge in [-0.1, -0.05) is 46.4 Å². The summed E-state index contributed by atoms with van der Waals surface area (Å²) in [5.74, 6) is 0.145. The first-order valence-corrected chi connectivity index (χ1v) is 9.82. The molecule has 142 valence electrons. The van der Waals surface area contributed by atoms with Gasteiger partial charge in [0.1, 0.15) is 0 Å². The molecule has 0 radical (unpaired) electrons. The maximum absolute atomic E-state index is 12.3. The molecule has 1 aliphatic heterocycles. The standard InChI is InChI=1S/C22H33N3O/c1-15(24-25-20(26)16-8-12-23-13-9-16)17-6-7-18-19(14-17)22(4,5)11-10-21(18,2)3/h6-7,14,16,23-24H,1,8-13H2,2-5H3,(H,25,26). The van der Waals surface area contributed by atoms with Crippen molar-refractivity contribution >= 4 is 11.6 Å². The minimum absolute atomic E-state index is 0.0621. The smallest absolute Gasteiger partial charge is 0.241 e. The van der Waals surface area contributed by atoms with Gasteiger partial charge in [0.2, 0.25) is 5.91 Å².